The van der Waals surface area contributed by atoms with E-state index in [1.807, 2.05) is 13.8 Å². The smallest absolute Gasteiger partial charge is 0.419 e. The lowest BCUT2D eigenvalue weighted by Gasteiger charge is -2.25. The Hall–Kier alpha value is -1.26. The van der Waals surface area contributed by atoms with Crippen molar-refractivity contribution >= 4 is 12.2 Å². The molecule has 0 rings (SSSR count). The molecule has 5 heteroatoms. The third-order valence-electron chi connectivity index (χ3n) is 1.94. The SMILES string of the molecule is COC(=O)N(CCC(C)C)C(=O)OC(C)(C)C. The Morgan fingerprint density at radius 2 is 1.71 bits per heavy atom. The first-order valence-electron chi connectivity index (χ1n) is 5.76. The molecular weight excluding hydrogens is 222 g/mol. The van der Waals surface area contributed by atoms with E-state index in [2.05, 4.69) is 4.74 Å². The van der Waals surface area contributed by atoms with E-state index in [1.54, 1.807) is 20.8 Å². The predicted molar refractivity (Wildman–Crippen MR) is 64.8 cm³/mol. The summed E-state index contributed by atoms with van der Waals surface area (Å²) in [5.74, 6) is 0.393. The van der Waals surface area contributed by atoms with E-state index in [1.165, 1.54) is 7.11 Å². The van der Waals surface area contributed by atoms with Crippen molar-refractivity contribution in [2.75, 3.05) is 13.7 Å². The first-order chi connectivity index (χ1) is 7.67. The summed E-state index contributed by atoms with van der Waals surface area (Å²) in [5.41, 5.74) is -0.624. The first-order valence-corrected chi connectivity index (χ1v) is 5.76. The fourth-order valence-electron chi connectivity index (χ4n) is 1.07. The third-order valence-corrected chi connectivity index (χ3v) is 1.94. The maximum absolute atomic E-state index is 11.8. The number of hydrogen-bond donors (Lipinski definition) is 0. The van der Waals surface area contributed by atoms with Gasteiger partial charge in [0.05, 0.1) is 7.11 Å². The molecule has 5 nitrogen and oxygen atoms in total. The largest absolute Gasteiger partial charge is 0.452 e. The average molecular weight is 245 g/mol. The van der Waals surface area contributed by atoms with Crippen molar-refractivity contribution in [3.8, 4) is 0 Å². The molecule has 0 atom stereocenters. The Morgan fingerprint density at radius 3 is 2.06 bits per heavy atom. The van der Waals surface area contributed by atoms with E-state index < -0.39 is 17.8 Å². The van der Waals surface area contributed by atoms with Crippen LogP contribution in [0.5, 0.6) is 0 Å². The van der Waals surface area contributed by atoms with Crippen LogP contribution in [-0.4, -0.2) is 36.3 Å². The molecular formula is C12H23NO4. The van der Waals surface area contributed by atoms with Crippen molar-refractivity contribution in [2.24, 2.45) is 5.92 Å². The minimum absolute atomic E-state index is 0.305. The zero-order valence-electron chi connectivity index (χ0n) is 11.6. The summed E-state index contributed by atoms with van der Waals surface area (Å²) in [5, 5.41) is 0. The van der Waals surface area contributed by atoms with E-state index >= 15 is 0 Å². The van der Waals surface area contributed by atoms with Gasteiger partial charge in [0.25, 0.3) is 0 Å². The second kappa shape index (κ2) is 6.47. The number of nitrogens with zero attached hydrogens (tertiary/aromatic N) is 1. The van der Waals surface area contributed by atoms with Gasteiger partial charge < -0.3 is 9.47 Å². The summed E-state index contributed by atoms with van der Waals surface area (Å²) in [7, 11) is 1.25. The van der Waals surface area contributed by atoms with Gasteiger partial charge >= 0.3 is 12.2 Å². The van der Waals surface area contributed by atoms with Crippen LogP contribution in [0.3, 0.4) is 0 Å². The van der Waals surface area contributed by atoms with Crippen molar-refractivity contribution in [2.45, 2.75) is 46.6 Å². The molecule has 0 heterocycles. The number of hydrogen-bond acceptors (Lipinski definition) is 4. The van der Waals surface area contributed by atoms with Crippen LogP contribution < -0.4 is 0 Å². The van der Waals surface area contributed by atoms with Gasteiger partial charge in [-0.15, -0.1) is 0 Å². The van der Waals surface area contributed by atoms with Crippen molar-refractivity contribution in [1.82, 2.24) is 4.90 Å². The van der Waals surface area contributed by atoms with E-state index in [-0.39, 0.29) is 0 Å². The van der Waals surface area contributed by atoms with E-state index in [4.69, 9.17) is 4.74 Å². The molecule has 0 bridgehead atoms. The highest BCUT2D eigenvalue weighted by molar-refractivity contribution is 5.87. The number of amides is 2. The fraction of sp³-hybridized carbons (Fsp3) is 0.833. The number of imide groups is 1. The quantitative estimate of drug-likeness (QED) is 0.766. The van der Waals surface area contributed by atoms with Gasteiger partial charge in [-0.05, 0) is 33.1 Å². The second-order valence-electron chi connectivity index (χ2n) is 5.28. The molecule has 0 aromatic carbocycles. The molecule has 0 aliphatic heterocycles. The van der Waals surface area contributed by atoms with E-state index in [9.17, 15) is 9.59 Å². The summed E-state index contributed by atoms with van der Waals surface area (Å²) >= 11 is 0. The summed E-state index contributed by atoms with van der Waals surface area (Å²) < 4.78 is 9.71. The minimum Gasteiger partial charge on any atom is -0.452 e. The van der Waals surface area contributed by atoms with E-state index in [0.29, 0.717) is 18.9 Å². The van der Waals surface area contributed by atoms with Gasteiger partial charge in [-0.2, -0.15) is 0 Å². The molecule has 0 saturated heterocycles. The maximum atomic E-state index is 11.8. The maximum Gasteiger partial charge on any atom is 0.419 e. The summed E-state index contributed by atoms with van der Waals surface area (Å²) in [4.78, 5) is 24.2. The second-order valence-corrected chi connectivity index (χ2v) is 5.28. The molecule has 2 amide bonds. The van der Waals surface area contributed by atoms with Crippen LogP contribution in [0, 0.1) is 5.92 Å². The number of carbonyl (C=O) groups is 2. The highest BCUT2D eigenvalue weighted by Crippen LogP contribution is 2.12. The fourth-order valence-corrected chi connectivity index (χ4v) is 1.07. The Labute approximate surface area is 103 Å². The number of carbonyl (C=O) groups excluding carboxylic acids is 2. The number of methoxy groups -OCH3 is 1. The van der Waals surface area contributed by atoms with Crippen molar-refractivity contribution in [1.29, 1.82) is 0 Å². The number of rotatable bonds is 3. The average Bonchev–Trinajstić information content (AvgIpc) is 2.14. The normalized spacial score (nSPS) is 11.2. The molecule has 17 heavy (non-hydrogen) atoms. The van der Waals surface area contributed by atoms with Crippen LogP contribution in [0.4, 0.5) is 9.59 Å². The topological polar surface area (TPSA) is 55.8 Å². The van der Waals surface area contributed by atoms with Crippen molar-refractivity contribution in [3.05, 3.63) is 0 Å². The molecule has 0 aliphatic carbocycles. The summed E-state index contributed by atoms with van der Waals surface area (Å²) in [6, 6.07) is 0. The first kappa shape index (κ1) is 15.7. The van der Waals surface area contributed by atoms with Crippen LogP contribution in [0.1, 0.15) is 41.0 Å². The zero-order valence-corrected chi connectivity index (χ0v) is 11.6. The van der Waals surface area contributed by atoms with Crippen LogP contribution in [-0.2, 0) is 9.47 Å². The summed E-state index contributed by atoms with van der Waals surface area (Å²) in [6.07, 6.45) is -0.626. The summed E-state index contributed by atoms with van der Waals surface area (Å²) in [6.45, 7) is 9.60. The molecule has 0 unspecified atom stereocenters. The third kappa shape index (κ3) is 6.81. The molecule has 0 N–H and O–H groups in total. The highest BCUT2D eigenvalue weighted by atomic mass is 16.6. The van der Waals surface area contributed by atoms with Crippen LogP contribution in [0.25, 0.3) is 0 Å². The molecule has 100 valence electrons. The van der Waals surface area contributed by atoms with Gasteiger partial charge in [-0.25, -0.2) is 14.5 Å². The molecule has 0 aromatic rings. The van der Waals surface area contributed by atoms with Crippen LogP contribution >= 0.6 is 0 Å². The number of ether oxygens (including phenoxy) is 2. The Balaban J connectivity index is 4.57. The lowest BCUT2D eigenvalue weighted by molar-refractivity contribution is 0.0239. The van der Waals surface area contributed by atoms with Crippen molar-refractivity contribution < 1.29 is 19.1 Å². The highest BCUT2D eigenvalue weighted by Gasteiger charge is 2.27. The lowest BCUT2D eigenvalue weighted by Crippen LogP contribution is -2.41. The zero-order chi connectivity index (χ0) is 13.6. The molecule has 0 spiro atoms. The van der Waals surface area contributed by atoms with Gasteiger partial charge in [0.1, 0.15) is 5.60 Å². The molecule has 0 saturated carbocycles. The van der Waals surface area contributed by atoms with Crippen LogP contribution in [0.2, 0.25) is 0 Å². The lowest BCUT2D eigenvalue weighted by atomic mass is 10.1. The van der Waals surface area contributed by atoms with Gasteiger partial charge in [-0.3, -0.25) is 0 Å². The van der Waals surface area contributed by atoms with Gasteiger partial charge in [0.2, 0.25) is 0 Å². The standard InChI is InChI=1S/C12H23NO4/c1-9(2)7-8-13(10(14)16-6)11(15)17-12(3,4)5/h9H,7-8H2,1-6H3. The molecule has 0 radical (unpaired) electrons. The Kier molecular flexibility index (Phi) is 5.99. The van der Waals surface area contributed by atoms with Gasteiger partial charge in [0, 0.05) is 6.54 Å². The van der Waals surface area contributed by atoms with Gasteiger partial charge in [-0.1, -0.05) is 13.8 Å². The molecule has 0 aromatic heterocycles. The monoisotopic (exact) mass is 245 g/mol. The Bertz CT molecular complexity index is 268. The molecule has 0 fully saturated rings. The van der Waals surface area contributed by atoms with Crippen molar-refractivity contribution in [3.63, 3.8) is 0 Å². The van der Waals surface area contributed by atoms with E-state index in [0.717, 1.165) is 4.90 Å². The van der Waals surface area contributed by atoms with Crippen LogP contribution in [0.15, 0.2) is 0 Å². The molecule has 0 aliphatic rings. The Morgan fingerprint density at radius 1 is 1.18 bits per heavy atom. The minimum atomic E-state index is -0.681. The predicted octanol–water partition coefficient (Wildman–Crippen LogP) is 3.04. The van der Waals surface area contributed by atoms with Gasteiger partial charge in [0.15, 0.2) is 0 Å².